The highest BCUT2D eigenvalue weighted by atomic mass is 32.2. The van der Waals surface area contributed by atoms with E-state index in [0.29, 0.717) is 5.25 Å². The summed E-state index contributed by atoms with van der Waals surface area (Å²) in [6, 6.07) is 0. The second-order valence-corrected chi connectivity index (χ2v) is 5.28. The Hall–Kier alpha value is -0.770. The van der Waals surface area contributed by atoms with Crippen LogP contribution in [0.4, 0.5) is 5.82 Å². The second-order valence-electron chi connectivity index (χ2n) is 3.85. The molecule has 1 aromatic rings. The topological polar surface area (TPSA) is 37.8 Å². The molecule has 0 fully saturated rings. The van der Waals surface area contributed by atoms with Gasteiger partial charge in [0, 0.05) is 17.5 Å². The van der Waals surface area contributed by atoms with Gasteiger partial charge in [-0.3, -0.25) is 4.98 Å². The highest BCUT2D eigenvalue weighted by molar-refractivity contribution is 7.99. The first-order valence-corrected chi connectivity index (χ1v) is 6.97. The molecule has 1 heterocycles. The summed E-state index contributed by atoms with van der Waals surface area (Å²) in [6.07, 6.45) is 6.00. The molecule has 0 aliphatic rings. The van der Waals surface area contributed by atoms with Crippen molar-refractivity contribution >= 4 is 17.6 Å². The summed E-state index contributed by atoms with van der Waals surface area (Å²) in [6.45, 7) is 7.55. The summed E-state index contributed by atoms with van der Waals surface area (Å²) in [4.78, 5) is 8.73. The van der Waals surface area contributed by atoms with Crippen molar-refractivity contribution in [1.82, 2.24) is 9.97 Å². The van der Waals surface area contributed by atoms with E-state index < -0.39 is 0 Å². The van der Waals surface area contributed by atoms with Crippen LogP contribution in [0.2, 0.25) is 0 Å². The lowest BCUT2D eigenvalue weighted by atomic mass is 10.4. The van der Waals surface area contributed by atoms with Gasteiger partial charge < -0.3 is 5.32 Å². The molecule has 3 nitrogen and oxygen atoms in total. The molecule has 0 aliphatic carbocycles. The van der Waals surface area contributed by atoms with Crippen molar-refractivity contribution < 1.29 is 0 Å². The molecule has 16 heavy (non-hydrogen) atoms. The van der Waals surface area contributed by atoms with Crippen molar-refractivity contribution in [2.75, 3.05) is 11.9 Å². The smallest absolute Gasteiger partial charge is 0.144 e. The second kappa shape index (κ2) is 7.49. The van der Waals surface area contributed by atoms with Crippen molar-refractivity contribution in [2.24, 2.45) is 0 Å². The Kier molecular flexibility index (Phi) is 6.23. The zero-order chi connectivity index (χ0) is 11.8. The lowest BCUT2D eigenvalue weighted by Gasteiger charge is -2.08. The van der Waals surface area contributed by atoms with E-state index in [4.69, 9.17) is 0 Å². The number of hydrogen-bond acceptors (Lipinski definition) is 4. The molecule has 0 radical (unpaired) electrons. The Balaban J connectivity index is 2.38. The monoisotopic (exact) mass is 239 g/mol. The van der Waals surface area contributed by atoms with E-state index in [2.05, 4.69) is 36.1 Å². The molecule has 0 aliphatic heterocycles. The molecule has 1 rings (SSSR count). The minimum absolute atomic E-state index is 0.694. The number of anilines is 1. The van der Waals surface area contributed by atoms with Gasteiger partial charge in [0.15, 0.2) is 0 Å². The maximum atomic E-state index is 4.39. The fraction of sp³-hybridized carbons (Fsp3) is 0.667. The quantitative estimate of drug-likeness (QED) is 0.792. The molecule has 0 bridgehead atoms. The van der Waals surface area contributed by atoms with Crippen LogP contribution in [0.1, 0.15) is 39.3 Å². The minimum Gasteiger partial charge on any atom is -0.369 e. The normalized spacial score (nSPS) is 12.4. The standard InChI is InChI=1S/C12H21N3S/c1-4-6-13-12-8-14-11(7-15-12)9-16-10(3)5-2/h7-8,10H,4-6,9H2,1-3H3,(H,13,15). The summed E-state index contributed by atoms with van der Waals surface area (Å²) in [5.41, 5.74) is 1.06. The molecule has 1 unspecified atom stereocenters. The minimum atomic E-state index is 0.694. The fourth-order valence-electron chi connectivity index (χ4n) is 1.12. The van der Waals surface area contributed by atoms with Gasteiger partial charge in [-0.25, -0.2) is 4.98 Å². The van der Waals surface area contributed by atoms with E-state index in [1.807, 2.05) is 24.2 Å². The van der Waals surface area contributed by atoms with Crippen molar-refractivity contribution in [3.63, 3.8) is 0 Å². The number of nitrogens with one attached hydrogen (secondary N) is 1. The Labute approximate surface area is 102 Å². The number of thioether (sulfide) groups is 1. The van der Waals surface area contributed by atoms with Gasteiger partial charge in [0.2, 0.25) is 0 Å². The summed E-state index contributed by atoms with van der Waals surface area (Å²) in [5, 5.41) is 3.91. The largest absolute Gasteiger partial charge is 0.369 e. The third-order valence-electron chi connectivity index (χ3n) is 2.35. The van der Waals surface area contributed by atoms with E-state index in [0.717, 1.165) is 30.2 Å². The fourth-order valence-corrected chi connectivity index (χ4v) is 1.96. The Morgan fingerprint density at radius 1 is 1.31 bits per heavy atom. The molecule has 90 valence electrons. The zero-order valence-electron chi connectivity index (χ0n) is 10.4. The van der Waals surface area contributed by atoms with Crippen LogP contribution in [0.15, 0.2) is 12.4 Å². The average molecular weight is 239 g/mol. The Bertz CT molecular complexity index is 287. The van der Waals surface area contributed by atoms with Gasteiger partial charge >= 0.3 is 0 Å². The molecule has 1 aromatic heterocycles. The van der Waals surface area contributed by atoms with E-state index in [1.54, 1.807) is 0 Å². The molecular weight excluding hydrogens is 218 g/mol. The lowest BCUT2D eigenvalue weighted by Crippen LogP contribution is -2.03. The molecule has 1 atom stereocenters. The van der Waals surface area contributed by atoms with Crippen LogP contribution < -0.4 is 5.32 Å². The van der Waals surface area contributed by atoms with Crippen LogP contribution in [0.25, 0.3) is 0 Å². The number of aromatic nitrogens is 2. The van der Waals surface area contributed by atoms with Crippen molar-refractivity contribution in [3.8, 4) is 0 Å². The predicted molar refractivity (Wildman–Crippen MR) is 71.9 cm³/mol. The van der Waals surface area contributed by atoms with E-state index in [9.17, 15) is 0 Å². The molecule has 4 heteroatoms. The van der Waals surface area contributed by atoms with Crippen molar-refractivity contribution in [3.05, 3.63) is 18.1 Å². The summed E-state index contributed by atoms with van der Waals surface area (Å²) in [5.74, 6) is 1.83. The van der Waals surface area contributed by atoms with Crippen LogP contribution in [0, 0.1) is 0 Å². The van der Waals surface area contributed by atoms with Crippen molar-refractivity contribution in [1.29, 1.82) is 0 Å². The van der Waals surface area contributed by atoms with Gasteiger partial charge in [-0.05, 0) is 12.8 Å². The third-order valence-corrected chi connectivity index (χ3v) is 3.72. The third kappa shape index (κ3) is 4.84. The molecule has 0 spiro atoms. The molecule has 0 aromatic carbocycles. The van der Waals surface area contributed by atoms with Gasteiger partial charge in [0.1, 0.15) is 5.82 Å². The summed E-state index contributed by atoms with van der Waals surface area (Å²) >= 11 is 1.93. The first-order chi connectivity index (χ1) is 7.76. The van der Waals surface area contributed by atoms with Crippen LogP contribution in [0.5, 0.6) is 0 Å². The molecule has 0 saturated carbocycles. The van der Waals surface area contributed by atoms with Gasteiger partial charge in [0.25, 0.3) is 0 Å². The van der Waals surface area contributed by atoms with Gasteiger partial charge in [-0.15, -0.1) is 0 Å². The number of hydrogen-bond donors (Lipinski definition) is 1. The molecular formula is C12H21N3S. The maximum Gasteiger partial charge on any atom is 0.144 e. The Morgan fingerprint density at radius 2 is 2.12 bits per heavy atom. The average Bonchev–Trinajstić information content (AvgIpc) is 2.34. The van der Waals surface area contributed by atoms with Crippen LogP contribution >= 0.6 is 11.8 Å². The zero-order valence-corrected chi connectivity index (χ0v) is 11.2. The predicted octanol–water partition coefficient (Wildman–Crippen LogP) is 3.33. The number of rotatable bonds is 7. The first-order valence-electron chi connectivity index (χ1n) is 5.92. The Morgan fingerprint density at radius 3 is 2.69 bits per heavy atom. The van der Waals surface area contributed by atoms with E-state index >= 15 is 0 Å². The number of nitrogens with zero attached hydrogens (tertiary/aromatic N) is 2. The summed E-state index contributed by atoms with van der Waals surface area (Å²) < 4.78 is 0. The van der Waals surface area contributed by atoms with Crippen molar-refractivity contribution in [2.45, 2.75) is 44.6 Å². The molecule has 0 saturated heterocycles. The van der Waals surface area contributed by atoms with Gasteiger partial charge in [-0.1, -0.05) is 20.8 Å². The van der Waals surface area contributed by atoms with Crippen LogP contribution in [0.3, 0.4) is 0 Å². The maximum absolute atomic E-state index is 4.39. The van der Waals surface area contributed by atoms with Gasteiger partial charge in [0.05, 0.1) is 18.1 Å². The van der Waals surface area contributed by atoms with Crippen LogP contribution in [-0.2, 0) is 5.75 Å². The van der Waals surface area contributed by atoms with Gasteiger partial charge in [-0.2, -0.15) is 11.8 Å². The molecule has 1 N–H and O–H groups in total. The van der Waals surface area contributed by atoms with Crippen LogP contribution in [-0.4, -0.2) is 21.8 Å². The van der Waals surface area contributed by atoms with E-state index in [1.165, 1.54) is 6.42 Å². The highest BCUT2D eigenvalue weighted by Gasteiger charge is 2.02. The van der Waals surface area contributed by atoms with E-state index in [-0.39, 0.29) is 0 Å². The SMILES string of the molecule is CCCNc1cnc(CSC(C)CC)cn1. The lowest BCUT2D eigenvalue weighted by molar-refractivity contribution is 0.903. The summed E-state index contributed by atoms with van der Waals surface area (Å²) in [7, 11) is 0. The first kappa shape index (κ1) is 13.3. The molecule has 0 amide bonds. The highest BCUT2D eigenvalue weighted by Crippen LogP contribution is 2.18.